The quantitative estimate of drug-likeness (QED) is 0.823. The molecule has 2 rings (SSSR count). The molecule has 1 heterocycles. The van der Waals surface area contributed by atoms with Crippen molar-refractivity contribution in [2.45, 2.75) is 13.3 Å². The van der Waals surface area contributed by atoms with Crippen molar-refractivity contribution in [2.24, 2.45) is 0 Å². The van der Waals surface area contributed by atoms with E-state index in [1.807, 2.05) is 19.1 Å². The molecule has 2 nitrogen and oxygen atoms in total. The molecule has 0 amide bonds. The number of anilines is 2. The van der Waals surface area contributed by atoms with Crippen molar-refractivity contribution in [3.63, 3.8) is 0 Å². The lowest BCUT2D eigenvalue weighted by molar-refractivity contribution is 1.02. The van der Waals surface area contributed by atoms with Gasteiger partial charge in [0.2, 0.25) is 0 Å². The number of nitrogens with two attached hydrogens (primary N) is 1. The number of nitrogen functional groups attached to an aromatic ring is 1. The molecule has 0 unspecified atom stereocenters. The molecule has 90 valence electrons. The van der Waals surface area contributed by atoms with Gasteiger partial charge in [0.15, 0.2) is 0 Å². The van der Waals surface area contributed by atoms with Crippen LogP contribution < -0.4 is 11.1 Å². The Morgan fingerprint density at radius 2 is 2.24 bits per heavy atom. The normalized spacial score (nSPS) is 10.5. The summed E-state index contributed by atoms with van der Waals surface area (Å²) in [5, 5.41) is 8.26. The molecule has 1 aromatic heterocycles. The average Bonchev–Trinajstić information content (AvgIpc) is 2.78. The summed E-state index contributed by atoms with van der Waals surface area (Å²) in [5.41, 5.74) is 9.91. The van der Waals surface area contributed by atoms with Crippen molar-refractivity contribution in [1.82, 2.24) is 0 Å². The highest BCUT2D eigenvalue weighted by molar-refractivity contribution is 7.07. The summed E-state index contributed by atoms with van der Waals surface area (Å²) in [6.07, 6.45) is 1.02. The minimum atomic E-state index is 0.605. The Kier molecular flexibility index (Phi) is 3.92. The van der Waals surface area contributed by atoms with Gasteiger partial charge < -0.3 is 11.1 Å². The highest BCUT2D eigenvalue weighted by atomic mass is 35.5. The maximum absolute atomic E-state index is 6.00. The van der Waals surface area contributed by atoms with Crippen LogP contribution in [0.2, 0.25) is 5.02 Å². The molecular formula is C13H15ClN2S. The van der Waals surface area contributed by atoms with Crippen LogP contribution in [-0.2, 0) is 6.42 Å². The maximum Gasteiger partial charge on any atom is 0.0656 e. The molecule has 4 heteroatoms. The van der Waals surface area contributed by atoms with Gasteiger partial charge in [-0.1, -0.05) is 11.6 Å². The first-order chi connectivity index (χ1) is 8.16. The molecule has 0 aliphatic carbocycles. The molecule has 0 spiro atoms. The Hall–Kier alpha value is -1.19. The third-order valence-electron chi connectivity index (χ3n) is 2.65. The van der Waals surface area contributed by atoms with Crippen molar-refractivity contribution >= 4 is 34.3 Å². The summed E-state index contributed by atoms with van der Waals surface area (Å²) in [4.78, 5) is 0. The van der Waals surface area contributed by atoms with E-state index in [0.717, 1.165) is 24.2 Å². The minimum Gasteiger partial charge on any atom is -0.398 e. The first-order valence-electron chi connectivity index (χ1n) is 5.47. The smallest absolute Gasteiger partial charge is 0.0656 e. The first-order valence-corrected chi connectivity index (χ1v) is 6.79. The van der Waals surface area contributed by atoms with Crippen molar-refractivity contribution in [1.29, 1.82) is 0 Å². The van der Waals surface area contributed by atoms with E-state index < -0.39 is 0 Å². The molecule has 0 bridgehead atoms. The lowest BCUT2D eigenvalue weighted by atomic mass is 10.1. The van der Waals surface area contributed by atoms with Crippen LogP contribution in [0.1, 0.15) is 11.1 Å². The maximum atomic E-state index is 6.00. The number of hydrogen-bond acceptors (Lipinski definition) is 3. The Bertz CT molecular complexity index is 494. The number of nitrogens with one attached hydrogen (secondary N) is 1. The van der Waals surface area contributed by atoms with Crippen LogP contribution in [0.5, 0.6) is 0 Å². The number of rotatable bonds is 4. The zero-order valence-electron chi connectivity index (χ0n) is 9.66. The third-order valence-corrected chi connectivity index (χ3v) is 3.71. The highest BCUT2D eigenvalue weighted by Crippen LogP contribution is 2.26. The standard InChI is InChI=1S/C13H15ClN2S/c1-9-6-12(15)11(14)7-13(9)16-4-2-10-3-5-17-8-10/h3,5-8,16H,2,4,15H2,1H3. The second-order valence-electron chi connectivity index (χ2n) is 4.00. The molecule has 0 atom stereocenters. The monoisotopic (exact) mass is 266 g/mol. The van der Waals surface area contributed by atoms with Gasteiger partial charge in [0.25, 0.3) is 0 Å². The summed E-state index contributed by atoms with van der Waals surface area (Å²) in [6, 6.07) is 5.93. The SMILES string of the molecule is Cc1cc(N)c(Cl)cc1NCCc1ccsc1. The van der Waals surface area contributed by atoms with Gasteiger partial charge in [0.05, 0.1) is 10.7 Å². The van der Waals surface area contributed by atoms with Crippen LogP contribution >= 0.6 is 22.9 Å². The molecular weight excluding hydrogens is 252 g/mol. The van der Waals surface area contributed by atoms with Gasteiger partial charge in [-0.2, -0.15) is 11.3 Å². The Balaban J connectivity index is 1.97. The second-order valence-corrected chi connectivity index (χ2v) is 5.18. The van der Waals surface area contributed by atoms with E-state index in [9.17, 15) is 0 Å². The Morgan fingerprint density at radius 3 is 2.94 bits per heavy atom. The molecule has 0 aliphatic rings. The van der Waals surface area contributed by atoms with Gasteiger partial charge in [-0.25, -0.2) is 0 Å². The Morgan fingerprint density at radius 1 is 1.41 bits per heavy atom. The molecule has 0 aliphatic heterocycles. The number of hydrogen-bond donors (Lipinski definition) is 2. The molecule has 0 radical (unpaired) electrons. The summed E-state index contributed by atoms with van der Waals surface area (Å²) in [5.74, 6) is 0. The van der Waals surface area contributed by atoms with Crippen LogP contribution in [0.3, 0.4) is 0 Å². The summed E-state index contributed by atoms with van der Waals surface area (Å²) in [7, 11) is 0. The van der Waals surface area contributed by atoms with Gasteiger partial charge in [-0.3, -0.25) is 0 Å². The van der Waals surface area contributed by atoms with Crippen LogP contribution in [0.4, 0.5) is 11.4 Å². The molecule has 17 heavy (non-hydrogen) atoms. The highest BCUT2D eigenvalue weighted by Gasteiger charge is 2.03. The predicted octanol–water partition coefficient (Wildman–Crippen LogP) is 3.95. The zero-order chi connectivity index (χ0) is 12.3. The molecule has 1 aromatic carbocycles. The van der Waals surface area contributed by atoms with E-state index in [2.05, 4.69) is 22.1 Å². The molecule has 3 N–H and O–H groups in total. The molecule has 0 fully saturated rings. The first kappa shape index (κ1) is 12.3. The van der Waals surface area contributed by atoms with Gasteiger partial charge in [-0.05, 0) is 53.4 Å². The molecule has 2 aromatic rings. The van der Waals surface area contributed by atoms with E-state index in [4.69, 9.17) is 17.3 Å². The van der Waals surface area contributed by atoms with Crippen LogP contribution in [0.25, 0.3) is 0 Å². The van der Waals surface area contributed by atoms with Gasteiger partial charge in [0.1, 0.15) is 0 Å². The lowest BCUT2D eigenvalue weighted by Crippen LogP contribution is -2.06. The summed E-state index contributed by atoms with van der Waals surface area (Å²) < 4.78 is 0. The molecule has 0 saturated heterocycles. The average molecular weight is 267 g/mol. The van der Waals surface area contributed by atoms with Crippen LogP contribution in [0.15, 0.2) is 29.0 Å². The van der Waals surface area contributed by atoms with E-state index in [-0.39, 0.29) is 0 Å². The largest absolute Gasteiger partial charge is 0.398 e. The zero-order valence-corrected chi connectivity index (χ0v) is 11.2. The number of halogens is 1. The van der Waals surface area contributed by atoms with Crippen LogP contribution in [0, 0.1) is 6.92 Å². The van der Waals surface area contributed by atoms with Gasteiger partial charge in [-0.15, -0.1) is 0 Å². The van der Waals surface area contributed by atoms with Gasteiger partial charge in [0, 0.05) is 12.2 Å². The van der Waals surface area contributed by atoms with E-state index in [1.54, 1.807) is 11.3 Å². The van der Waals surface area contributed by atoms with E-state index in [0.29, 0.717) is 10.7 Å². The summed E-state index contributed by atoms with van der Waals surface area (Å²) in [6.45, 7) is 2.93. The second kappa shape index (κ2) is 5.43. The number of benzene rings is 1. The number of thiophene rings is 1. The summed E-state index contributed by atoms with van der Waals surface area (Å²) >= 11 is 7.73. The fraction of sp³-hybridized carbons (Fsp3) is 0.231. The lowest BCUT2D eigenvalue weighted by Gasteiger charge is -2.11. The van der Waals surface area contributed by atoms with Crippen LogP contribution in [-0.4, -0.2) is 6.54 Å². The van der Waals surface area contributed by atoms with Crippen molar-refractivity contribution in [3.8, 4) is 0 Å². The van der Waals surface area contributed by atoms with Crippen molar-refractivity contribution in [2.75, 3.05) is 17.6 Å². The Labute approximate surface area is 110 Å². The topological polar surface area (TPSA) is 38.0 Å². The number of aryl methyl sites for hydroxylation is 1. The van der Waals surface area contributed by atoms with Crippen molar-refractivity contribution in [3.05, 3.63) is 45.1 Å². The fourth-order valence-corrected chi connectivity index (χ4v) is 2.54. The predicted molar refractivity (Wildman–Crippen MR) is 77.1 cm³/mol. The van der Waals surface area contributed by atoms with Gasteiger partial charge >= 0.3 is 0 Å². The van der Waals surface area contributed by atoms with E-state index in [1.165, 1.54) is 5.56 Å². The fourth-order valence-electron chi connectivity index (χ4n) is 1.67. The third kappa shape index (κ3) is 3.14. The van der Waals surface area contributed by atoms with E-state index >= 15 is 0 Å². The minimum absolute atomic E-state index is 0.605. The molecule has 0 saturated carbocycles. The van der Waals surface area contributed by atoms with Crippen molar-refractivity contribution < 1.29 is 0 Å².